The van der Waals surface area contributed by atoms with Crippen LogP contribution in [0.3, 0.4) is 0 Å². The van der Waals surface area contributed by atoms with Crippen LogP contribution in [0, 0.1) is 0 Å². The SMILES string of the molecule is COC[C@H](O)CN(C)c1cnc2cc(Cl)c(Cl)cc2n1. The number of benzene rings is 1. The first-order valence-corrected chi connectivity index (χ1v) is 6.76. The summed E-state index contributed by atoms with van der Waals surface area (Å²) in [4.78, 5) is 10.6. The molecule has 0 amide bonds. The highest BCUT2D eigenvalue weighted by atomic mass is 35.5. The molecule has 5 nitrogen and oxygen atoms in total. The van der Waals surface area contributed by atoms with Gasteiger partial charge in [0.25, 0.3) is 0 Å². The van der Waals surface area contributed by atoms with Gasteiger partial charge in [0.05, 0.1) is 40.0 Å². The number of ether oxygens (including phenoxy) is 1. The Morgan fingerprint density at radius 2 is 1.95 bits per heavy atom. The summed E-state index contributed by atoms with van der Waals surface area (Å²) in [5, 5.41) is 10.6. The predicted molar refractivity (Wildman–Crippen MR) is 80.7 cm³/mol. The Labute approximate surface area is 127 Å². The molecular formula is C13H15Cl2N3O2. The van der Waals surface area contributed by atoms with Crippen molar-refractivity contribution in [3.05, 3.63) is 28.4 Å². The fourth-order valence-electron chi connectivity index (χ4n) is 1.84. The fourth-order valence-corrected chi connectivity index (χ4v) is 2.15. The minimum atomic E-state index is -0.587. The van der Waals surface area contributed by atoms with Crippen LogP contribution in [0.15, 0.2) is 18.3 Å². The van der Waals surface area contributed by atoms with E-state index in [0.717, 1.165) is 0 Å². The number of halogens is 2. The van der Waals surface area contributed by atoms with Crippen LogP contribution >= 0.6 is 23.2 Å². The molecule has 0 radical (unpaired) electrons. The molecule has 0 spiro atoms. The van der Waals surface area contributed by atoms with Gasteiger partial charge >= 0.3 is 0 Å². The molecule has 0 aliphatic rings. The number of rotatable bonds is 5. The third kappa shape index (κ3) is 3.49. The van der Waals surface area contributed by atoms with Gasteiger partial charge in [0.15, 0.2) is 0 Å². The summed E-state index contributed by atoms with van der Waals surface area (Å²) < 4.78 is 4.89. The number of methoxy groups -OCH3 is 1. The molecule has 0 fully saturated rings. The van der Waals surface area contributed by atoms with E-state index in [1.165, 1.54) is 0 Å². The van der Waals surface area contributed by atoms with E-state index in [-0.39, 0.29) is 6.61 Å². The van der Waals surface area contributed by atoms with Gasteiger partial charge in [0.1, 0.15) is 5.82 Å². The minimum absolute atomic E-state index is 0.271. The van der Waals surface area contributed by atoms with Crippen molar-refractivity contribution in [1.29, 1.82) is 0 Å². The van der Waals surface area contributed by atoms with Crippen molar-refractivity contribution in [3.8, 4) is 0 Å². The highest BCUT2D eigenvalue weighted by Crippen LogP contribution is 2.26. The topological polar surface area (TPSA) is 58.5 Å². The van der Waals surface area contributed by atoms with E-state index in [2.05, 4.69) is 9.97 Å². The second-order valence-electron chi connectivity index (χ2n) is 4.47. The molecule has 20 heavy (non-hydrogen) atoms. The fraction of sp³-hybridized carbons (Fsp3) is 0.385. The molecule has 0 aliphatic heterocycles. The number of hydrogen-bond acceptors (Lipinski definition) is 5. The largest absolute Gasteiger partial charge is 0.389 e. The van der Waals surface area contributed by atoms with Gasteiger partial charge < -0.3 is 14.7 Å². The molecule has 0 bridgehead atoms. The Hall–Kier alpha value is -1.14. The molecule has 2 aromatic rings. The first kappa shape index (κ1) is 15.3. The number of aliphatic hydroxyl groups is 1. The molecule has 108 valence electrons. The first-order chi connectivity index (χ1) is 9.51. The van der Waals surface area contributed by atoms with Crippen molar-refractivity contribution in [2.75, 3.05) is 32.2 Å². The second-order valence-corrected chi connectivity index (χ2v) is 5.29. The Morgan fingerprint density at radius 1 is 1.30 bits per heavy atom. The number of likely N-dealkylation sites (N-methyl/N-ethyl adjacent to an activating group) is 1. The molecular weight excluding hydrogens is 301 g/mol. The van der Waals surface area contributed by atoms with Crippen LogP contribution in [0.1, 0.15) is 0 Å². The molecule has 1 heterocycles. The summed E-state index contributed by atoms with van der Waals surface area (Å²) in [6.45, 7) is 0.669. The lowest BCUT2D eigenvalue weighted by molar-refractivity contribution is 0.0694. The van der Waals surface area contributed by atoms with Crippen LogP contribution in [0.2, 0.25) is 10.0 Å². The second kappa shape index (κ2) is 6.54. The number of fused-ring (bicyclic) bond motifs is 1. The van der Waals surface area contributed by atoms with Crippen LogP contribution in [0.4, 0.5) is 5.82 Å². The molecule has 0 unspecified atom stereocenters. The zero-order chi connectivity index (χ0) is 14.7. The highest BCUT2D eigenvalue weighted by Gasteiger charge is 2.11. The van der Waals surface area contributed by atoms with E-state index < -0.39 is 6.10 Å². The van der Waals surface area contributed by atoms with E-state index in [1.54, 1.807) is 30.3 Å². The van der Waals surface area contributed by atoms with Crippen LogP contribution in [0.25, 0.3) is 11.0 Å². The van der Waals surface area contributed by atoms with Crippen molar-refractivity contribution < 1.29 is 9.84 Å². The molecule has 2 rings (SSSR count). The summed E-state index contributed by atoms with van der Waals surface area (Å²) in [5.41, 5.74) is 1.33. The summed E-state index contributed by atoms with van der Waals surface area (Å²) in [6, 6.07) is 3.35. The summed E-state index contributed by atoms with van der Waals surface area (Å²) in [6.07, 6.45) is 1.04. The lowest BCUT2D eigenvalue weighted by Crippen LogP contribution is -2.32. The maximum atomic E-state index is 9.72. The number of aliphatic hydroxyl groups excluding tert-OH is 1. The number of anilines is 1. The first-order valence-electron chi connectivity index (χ1n) is 6.01. The maximum Gasteiger partial charge on any atom is 0.147 e. The molecule has 1 atom stereocenters. The molecule has 1 aromatic heterocycles. The van der Waals surface area contributed by atoms with E-state index >= 15 is 0 Å². The Balaban J connectivity index is 2.24. The average Bonchev–Trinajstić information content (AvgIpc) is 2.39. The van der Waals surface area contributed by atoms with Crippen molar-refractivity contribution in [2.45, 2.75) is 6.10 Å². The van der Waals surface area contributed by atoms with Crippen LogP contribution in [0.5, 0.6) is 0 Å². The van der Waals surface area contributed by atoms with E-state index in [0.29, 0.717) is 33.4 Å². The smallest absolute Gasteiger partial charge is 0.147 e. The zero-order valence-electron chi connectivity index (χ0n) is 11.2. The standard InChI is InChI=1S/C13H15Cl2N3O2/c1-18(6-8(19)7-20-2)13-5-16-11-3-9(14)10(15)4-12(11)17-13/h3-5,8,19H,6-7H2,1-2H3/t8-/m1/s1. The van der Waals surface area contributed by atoms with E-state index in [4.69, 9.17) is 27.9 Å². The normalized spacial score (nSPS) is 12.7. The Kier molecular flexibility index (Phi) is 4.99. The molecule has 0 saturated carbocycles. The molecule has 0 saturated heterocycles. The summed E-state index contributed by atoms with van der Waals surface area (Å²) in [5.74, 6) is 0.644. The van der Waals surface area contributed by atoms with Gasteiger partial charge in [-0.2, -0.15) is 0 Å². The van der Waals surface area contributed by atoms with Crippen LogP contribution in [-0.2, 0) is 4.74 Å². The summed E-state index contributed by atoms with van der Waals surface area (Å²) in [7, 11) is 3.37. The lowest BCUT2D eigenvalue weighted by Gasteiger charge is -2.21. The van der Waals surface area contributed by atoms with E-state index in [1.807, 2.05) is 7.05 Å². The van der Waals surface area contributed by atoms with Crippen molar-refractivity contribution >= 4 is 40.1 Å². The average molecular weight is 316 g/mol. The van der Waals surface area contributed by atoms with Gasteiger partial charge in [-0.1, -0.05) is 23.2 Å². The monoisotopic (exact) mass is 315 g/mol. The third-order valence-electron chi connectivity index (χ3n) is 2.81. The van der Waals surface area contributed by atoms with Crippen LogP contribution < -0.4 is 4.90 Å². The minimum Gasteiger partial charge on any atom is -0.389 e. The molecule has 1 aromatic carbocycles. The highest BCUT2D eigenvalue weighted by molar-refractivity contribution is 6.42. The number of hydrogen-bond donors (Lipinski definition) is 1. The Bertz CT molecular complexity index is 609. The van der Waals surface area contributed by atoms with Crippen molar-refractivity contribution in [2.24, 2.45) is 0 Å². The van der Waals surface area contributed by atoms with Gasteiger partial charge in [-0.25, -0.2) is 4.98 Å². The Morgan fingerprint density at radius 3 is 2.60 bits per heavy atom. The van der Waals surface area contributed by atoms with Gasteiger partial charge in [-0.05, 0) is 12.1 Å². The van der Waals surface area contributed by atoms with Crippen molar-refractivity contribution in [3.63, 3.8) is 0 Å². The van der Waals surface area contributed by atoms with E-state index in [9.17, 15) is 5.11 Å². The van der Waals surface area contributed by atoms with Gasteiger partial charge in [-0.3, -0.25) is 4.98 Å². The van der Waals surface area contributed by atoms with Gasteiger partial charge in [-0.15, -0.1) is 0 Å². The third-order valence-corrected chi connectivity index (χ3v) is 3.53. The van der Waals surface area contributed by atoms with Gasteiger partial charge in [0, 0.05) is 20.7 Å². The molecule has 1 N–H and O–H groups in total. The predicted octanol–water partition coefficient (Wildman–Crippen LogP) is 2.38. The molecule has 0 aliphatic carbocycles. The quantitative estimate of drug-likeness (QED) is 0.918. The van der Waals surface area contributed by atoms with Gasteiger partial charge in [0.2, 0.25) is 0 Å². The van der Waals surface area contributed by atoms with Crippen molar-refractivity contribution in [1.82, 2.24) is 9.97 Å². The number of nitrogens with zero attached hydrogens (tertiary/aromatic N) is 3. The lowest BCUT2D eigenvalue weighted by atomic mass is 10.3. The van der Waals surface area contributed by atoms with Crippen LogP contribution in [-0.4, -0.2) is 48.5 Å². The summed E-state index contributed by atoms with van der Waals surface area (Å²) >= 11 is 11.9. The number of aromatic nitrogens is 2. The maximum absolute atomic E-state index is 9.72. The zero-order valence-corrected chi connectivity index (χ0v) is 12.7. The molecule has 7 heteroatoms.